The molecule has 3 rings (SSSR count). The number of carbonyl (C=O) groups is 1. The lowest BCUT2D eigenvalue weighted by molar-refractivity contribution is -0.137. The first-order valence-corrected chi connectivity index (χ1v) is 8.36. The molecular formula is C15H18Cl2F3N5O2. The quantitative estimate of drug-likeness (QED) is 0.779. The number of hydrogen-bond donors (Lipinski definition) is 2. The van der Waals surface area contributed by atoms with E-state index in [0.29, 0.717) is 26.1 Å². The van der Waals surface area contributed by atoms with Crippen molar-refractivity contribution in [3.8, 4) is 0 Å². The molecule has 1 saturated heterocycles. The normalized spacial score (nSPS) is 16.8. The highest BCUT2D eigenvalue weighted by Crippen LogP contribution is 2.32. The number of amides is 1. The van der Waals surface area contributed by atoms with Crippen LogP contribution in [-0.4, -0.2) is 39.8 Å². The van der Waals surface area contributed by atoms with Gasteiger partial charge in [0.2, 0.25) is 5.91 Å². The van der Waals surface area contributed by atoms with Crippen molar-refractivity contribution < 1.29 is 22.7 Å². The van der Waals surface area contributed by atoms with Crippen LogP contribution in [0.4, 0.5) is 13.2 Å². The van der Waals surface area contributed by atoms with Crippen LogP contribution in [0.1, 0.15) is 24.2 Å². The predicted octanol–water partition coefficient (Wildman–Crippen LogP) is 2.19. The summed E-state index contributed by atoms with van der Waals surface area (Å²) >= 11 is 5.85. The number of nitrogens with one attached hydrogen (secondary N) is 1. The minimum atomic E-state index is -4.56. The molecule has 27 heavy (non-hydrogen) atoms. The van der Waals surface area contributed by atoms with Crippen LogP contribution in [0, 0.1) is 5.92 Å². The van der Waals surface area contributed by atoms with Crippen LogP contribution >= 0.6 is 24.0 Å². The Kier molecular flexibility index (Phi) is 6.90. The van der Waals surface area contributed by atoms with Crippen LogP contribution in [0.3, 0.4) is 0 Å². The number of pyridine rings is 1. The third-order valence-corrected chi connectivity index (χ3v) is 4.63. The van der Waals surface area contributed by atoms with E-state index in [1.54, 1.807) is 0 Å². The van der Waals surface area contributed by atoms with Gasteiger partial charge in [0.1, 0.15) is 0 Å². The van der Waals surface area contributed by atoms with Gasteiger partial charge in [-0.25, -0.2) is 0 Å². The van der Waals surface area contributed by atoms with Crippen molar-refractivity contribution in [2.45, 2.75) is 31.6 Å². The molecule has 3 N–H and O–H groups in total. The molecule has 0 saturated carbocycles. The molecule has 7 nitrogen and oxygen atoms in total. The van der Waals surface area contributed by atoms with Crippen molar-refractivity contribution in [1.82, 2.24) is 19.9 Å². The fourth-order valence-corrected chi connectivity index (χ4v) is 3.09. The minimum absolute atomic E-state index is 0. The zero-order chi connectivity index (χ0) is 18.9. The maximum Gasteiger partial charge on any atom is 0.417 e. The van der Waals surface area contributed by atoms with E-state index in [2.05, 4.69) is 15.5 Å². The first-order chi connectivity index (χ1) is 12.3. The summed E-state index contributed by atoms with van der Waals surface area (Å²) in [5, 5.41) is 10.00. The molecule has 0 bridgehead atoms. The lowest BCUT2D eigenvalue weighted by atomic mass is 9.92. The molecule has 1 atom stereocenters. The molecule has 1 fully saturated rings. The molecule has 0 aromatic carbocycles. The van der Waals surface area contributed by atoms with Crippen molar-refractivity contribution in [2.75, 3.05) is 13.2 Å². The van der Waals surface area contributed by atoms with Crippen LogP contribution in [0.15, 0.2) is 12.3 Å². The number of rotatable bonds is 4. The average Bonchev–Trinajstić information content (AvgIpc) is 3.02. The van der Waals surface area contributed by atoms with Crippen molar-refractivity contribution in [3.05, 3.63) is 28.7 Å². The molecule has 0 spiro atoms. The van der Waals surface area contributed by atoms with Gasteiger partial charge < -0.3 is 15.8 Å². The van der Waals surface area contributed by atoms with Gasteiger partial charge in [0.15, 0.2) is 11.5 Å². The number of fused-ring (bicyclic) bond motifs is 1. The molecule has 0 aliphatic carbocycles. The topological polar surface area (TPSA) is 94.5 Å². The molecule has 2 aromatic rings. The highest BCUT2D eigenvalue weighted by molar-refractivity contribution is 6.33. The Morgan fingerprint density at radius 3 is 2.70 bits per heavy atom. The molecule has 1 aliphatic rings. The van der Waals surface area contributed by atoms with Crippen molar-refractivity contribution in [3.63, 3.8) is 0 Å². The molecule has 1 unspecified atom stereocenters. The Bertz CT molecular complexity index is 809. The van der Waals surface area contributed by atoms with Gasteiger partial charge in [-0.1, -0.05) is 11.6 Å². The lowest BCUT2D eigenvalue weighted by Gasteiger charge is -2.26. The second-order valence-electron chi connectivity index (χ2n) is 6.08. The number of carbonyl (C=O) groups excluding carboxylic acids is 1. The van der Waals surface area contributed by atoms with Crippen molar-refractivity contribution in [1.29, 1.82) is 0 Å². The summed E-state index contributed by atoms with van der Waals surface area (Å²) < 4.78 is 45.2. The van der Waals surface area contributed by atoms with E-state index in [1.165, 1.54) is 0 Å². The molecular weight excluding hydrogens is 410 g/mol. The van der Waals surface area contributed by atoms with Crippen LogP contribution in [0.25, 0.3) is 5.65 Å². The summed E-state index contributed by atoms with van der Waals surface area (Å²) in [6, 6.07) is 0.0713. The molecule has 0 radical (unpaired) electrons. The Morgan fingerprint density at radius 2 is 2.07 bits per heavy atom. The summed E-state index contributed by atoms with van der Waals surface area (Å²) in [4.78, 5) is 12.2. The van der Waals surface area contributed by atoms with E-state index in [9.17, 15) is 18.0 Å². The average molecular weight is 428 g/mol. The molecule has 1 amide bonds. The second-order valence-corrected chi connectivity index (χ2v) is 6.48. The maximum atomic E-state index is 13.0. The summed E-state index contributed by atoms with van der Waals surface area (Å²) in [5.41, 5.74) is 5.12. The van der Waals surface area contributed by atoms with Crippen LogP contribution < -0.4 is 11.1 Å². The lowest BCUT2D eigenvalue weighted by Crippen LogP contribution is -2.47. The first kappa shape index (κ1) is 21.7. The molecule has 2 aromatic heterocycles. The van der Waals surface area contributed by atoms with E-state index in [0.717, 1.165) is 16.7 Å². The Hall–Kier alpha value is -1.62. The summed E-state index contributed by atoms with van der Waals surface area (Å²) in [6.45, 7) is 0.993. The molecule has 150 valence electrons. The van der Waals surface area contributed by atoms with Crippen molar-refractivity contribution in [2.24, 2.45) is 11.7 Å². The minimum Gasteiger partial charge on any atom is -0.381 e. The molecule has 12 heteroatoms. The fourth-order valence-electron chi connectivity index (χ4n) is 2.85. The summed E-state index contributed by atoms with van der Waals surface area (Å²) in [7, 11) is 0. The number of ether oxygens (including phenoxy) is 1. The van der Waals surface area contributed by atoms with Gasteiger partial charge in [-0.05, 0) is 24.8 Å². The van der Waals surface area contributed by atoms with Crippen molar-refractivity contribution >= 4 is 35.6 Å². The highest BCUT2D eigenvalue weighted by atomic mass is 35.5. The number of aromatic nitrogens is 3. The van der Waals surface area contributed by atoms with Gasteiger partial charge in [0, 0.05) is 19.4 Å². The van der Waals surface area contributed by atoms with Crippen LogP contribution in [-0.2, 0) is 22.3 Å². The smallest absolute Gasteiger partial charge is 0.381 e. The maximum absolute atomic E-state index is 13.0. The van der Waals surface area contributed by atoms with Gasteiger partial charge in [-0.3, -0.25) is 9.20 Å². The number of alkyl halides is 3. The third-order valence-electron chi connectivity index (χ3n) is 4.36. The summed E-state index contributed by atoms with van der Waals surface area (Å²) in [5.74, 6) is -0.266. The van der Waals surface area contributed by atoms with Gasteiger partial charge in [0.05, 0.1) is 23.2 Å². The second kappa shape index (κ2) is 8.59. The molecule has 3 heterocycles. The first-order valence-electron chi connectivity index (χ1n) is 7.99. The van der Waals surface area contributed by atoms with E-state index >= 15 is 0 Å². The number of hydrogen-bond acceptors (Lipinski definition) is 5. The number of nitrogens with zero attached hydrogens (tertiary/aromatic N) is 3. The van der Waals surface area contributed by atoms with Gasteiger partial charge in [0.25, 0.3) is 0 Å². The Morgan fingerprint density at radius 1 is 1.41 bits per heavy atom. The molecule has 1 aliphatic heterocycles. The Balaban J connectivity index is 0.00000261. The number of halogens is 5. The monoisotopic (exact) mass is 427 g/mol. The van der Waals surface area contributed by atoms with Crippen LogP contribution in [0.5, 0.6) is 0 Å². The zero-order valence-electron chi connectivity index (χ0n) is 14.0. The highest BCUT2D eigenvalue weighted by Gasteiger charge is 2.32. The predicted molar refractivity (Wildman–Crippen MR) is 93.6 cm³/mol. The SMILES string of the molecule is Cl.NC(C(=O)NCc1nnc2c(Cl)cc(C(F)(F)F)cn12)C1CCOCC1. The van der Waals surface area contributed by atoms with E-state index in [-0.39, 0.29) is 41.4 Å². The fraction of sp³-hybridized carbons (Fsp3) is 0.533. The largest absolute Gasteiger partial charge is 0.417 e. The van der Waals surface area contributed by atoms with Gasteiger partial charge in [-0.15, -0.1) is 22.6 Å². The van der Waals surface area contributed by atoms with E-state index < -0.39 is 23.7 Å². The van der Waals surface area contributed by atoms with E-state index in [1.807, 2.05) is 0 Å². The summed E-state index contributed by atoms with van der Waals surface area (Å²) in [6.07, 6.45) is -2.34. The van der Waals surface area contributed by atoms with Crippen LogP contribution in [0.2, 0.25) is 5.02 Å². The standard InChI is InChI=1S/C15H17ClF3N5O2.ClH/c16-10-5-9(15(17,18)19)7-24-11(22-23-13(10)24)6-21-14(25)12(20)8-1-3-26-4-2-8;/h5,7-8,12H,1-4,6,20H2,(H,21,25);1H. The van der Waals surface area contributed by atoms with Gasteiger partial charge in [-0.2, -0.15) is 13.2 Å². The third kappa shape index (κ3) is 4.81. The Labute approximate surface area is 163 Å². The number of nitrogens with two attached hydrogens (primary N) is 1. The zero-order valence-corrected chi connectivity index (χ0v) is 15.6. The van der Waals surface area contributed by atoms with Gasteiger partial charge >= 0.3 is 6.18 Å². The van der Waals surface area contributed by atoms with E-state index in [4.69, 9.17) is 22.1 Å².